The normalized spacial score (nSPS) is 29.9. The molecule has 2 atom stereocenters. The SMILES string of the molecule is COC1(OC)ON2CCc3ccccc3[C@H]2C1C. The number of ether oxygens (including phenoxy) is 2. The molecule has 0 aromatic heterocycles. The summed E-state index contributed by atoms with van der Waals surface area (Å²) < 4.78 is 11.0. The summed E-state index contributed by atoms with van der Waals surface area (Å²) in [5.41, 5.74) is 2.73. The zero-order valence-corrected chi connectivity index (χ0v) is 11.1. The molecule has 1 saturated heterocycles. The molecule has 1 aromatic rings. The molecule has 0 aliphatic carbocycles. The van der Waals surface area contributed by atoms with Crippen molar-refractivity contribution in [3.05, 3.63) is 35.4 Å². The van der Waals surface area contributed by atoms with Gasteiger partial charge in [0.15, 0.2) is 0 Å². The molecule has 3 rings (SSSR count). The van der Waals surface area contributed by atoms with E-state index in [1.54, 1.807) is 14.2 Å². The summed E-state index contributed by atoms with van der Waals surface area (Å²) in [4.78, 5) is 5.91. The number of methoxy groups -OCH3 is 2. The van der Waals surface area contributed by atoms with E-state index < -0.39 is 5.97 Å². The molecule has 1 fully saturated rings. The minimum Gasteiger partial charge on any atom is -0.329 e. The molecule has 1 unspecified atom stereocenters. The van der Waals surface area contributed by atoms with Crippen LogP contribution >= 0.6 is 0 Å². The van der Waals surface area contributed by atoms with Gasteiger partial charge in [-0.3, -0.25) is 0 Å². The van der Waals surface area contributed by atoms with E-state index in [0.717, 1.165) is 13.0 Å². The Morgan fingerprint density at radius 2 is 2.00 bits per heavy atom. The van der Waals surface area contributed by atoms with Crippen molar-refractivity contribution in [1.82, 2.24) is 5.06 Å². The average Bonchev–Trinajstić information content (AvgIpc) is 2.72. The second-order valence-electron chi connectivity index (χ2n) is 4.93. The van der Waals surface area contributed by atoms with Crippen molar-refractivity contribution in [2.24, 2.45) is 5.92 Å². The van der Waals surface area contributed by atoms with E-state index in [2.05, 4.69) is 31.2 Å². The largest absolute Gasteiger partial charge is 0.329 e. The first kappa shape index (κ1) is 12.1. The third-order valence-electron chi connectivity index (χ3n) is 4.13. The Labute approximate surface area is 107 Å². The third kappa shape index (κ3) is 1.53. The monoisotopic (exact) mass is 249 g/mol. The third-order valence-corrected chi connectivity index (χ3v) is 4.13. The van der Waals surface area contributed by atoms with Gasteiger partial charge in [0.1, 0.15) is 0 Å². The lowest BCUT2D eigenvalue weighted by Gasteiger charge is -2.30. The van der Waals surface area contributed by atoms with Crippen molar-refractivity contribution >= 4 is 0 Å². The Hall–Kier alpha value is -0.940. The number of benzene rings is 1. The van der Waals surface area contributed by atoms with Crippen LogP contribution in [-0.2, 0) is 20.7 Å². The van der Waals surface area contributed by atoms with Crippen molar-refractivity contribution in [3.8, 4) is 0 Å². The quantitative estimate of drug-likeness (QED) is 0.751. The molecule has 4 heteroatoms. The second-order valence-corrected chi connectivity index (χ2v) is 4.93. The van der Waals surface area contributed by atoms with E-state index in [1.807, 2.05) is 5.06 Å². The van der Waals surface area contributed by atoms with Crippen LogP contribution in [-0.4, -0.2) is 31.8 Å². The van der Waals surface area contributed by atoms with Crippen molar-refractivity contribution in [3.63, 3.8) is 0 Å². The maximum atomic E-state index is 5.91. The van der Waals surface area contributed by atoms with E-state index in [9.17, 15) is 0 Å². The van der Waals surface area contributed by atoms with Crippen molar-refractivity contribution in [2.75, 3.05) is 20.8 Å². The van der Waals surface area contributed by atoms with Crippen LogP contribution in [0.5, 0.6) is 0 Å². The van der Waals surface area contributed by atoms with Crippen LogP contribution in [0.25, 0.3) is 0 Å². The van der Waals surface area contributed by atoms with Crippen LogP contribution < -0.4 is 0 Å². The van der Waals surface area contributed by atoms with Crippen LogP contribution in [0.15, 0.2) is 24.3 Å². The van der Waals surface area contributed by atoms with E-state index in [0.29, 0.717) is 0 Å². The predicted molar refractivity (Wildman–Crippen MR) is 66.6 cm³/mol. The Morgan fingerprint density at radius 3 is 2.72 bits per heavy atom. The highest BCUT2D eigenvalue weighted by Crippen LogP contribution is 2.48. The van der Waals surface area contributed by atoms with Gasteiger partial charge in [-0.25, -0.2) is 4.84 Å². The number of hydrogen-bond acceptors (Lipinski definition) is 4. The Balaban J connectivity index is 2.02. The van der Waals surface area contributed by atoms with Gasteiger partial charge in [0.05, 0.1) is 12.0 Å². The molecule has 18 heavy (non-hydrogen) atoms. The van der Waals surface area contributed by atoms with Gasteiger partial charge in [-0.1, -0.05) is 31.2 Å². The first-order valence-electron chi connectivity index (χ1n) is 6.35. The molecule has 98 valence electrons. The maximum Gasteiger partial charge on any atom is 0.303 e. The minimum absolute atomic E-state index is 0.119. The van der Waals surface area contributed by atoms with E-state index in [1.165, 1.54) is 11.1 Å². The van der Waals surface area contributed by atoms with Crippen LogP contribution in [0, 0.1) is 5.92 Å². The Kier molecular flexibility index (Phi) is 2.90. The summed E-state index contributed by atoms with van der Waals surface area (Å²) in [5, 5.41) is 2.00. The van der Waals surface area contributed by atoms with Gasteiger partial charge >= 0.3 is 5.97 Å². The molecular formula is C14H19NO3. The van der Waals surface area contributed by atoms with E-state index in [4.69, 9.17) is 14.3 Å². The molecule has 2 heterocycles. The predicted octanol–water partition coefficient (Wildman–Crippen LogP) is 2.11. The molecule has 1 aromatic carbocycles. The molecule has 2 aliphatic rings. The number of hydroxylamine groups is 2. The number of nitrogens with zero attached hydrogens (tertiary/aromatic N) is 1. The molecule has 0 spiro atoms. The summed E-state index contributed by atoms with van der Waals surface area (Å²) in [6, 6.07) is 8.74. The van der Waals surface area contributed by atoms with Gasteiger partial charge in [-0.15, -0.1) is 0 Å². The van der Waals surface area contributed by atoms with Crippen LogP contribution in [0.2, 0.25) is 0 Å². The fraction of sp³-hybridized carbons (Fsp3) is 0.571. The summed E-state index contributed by atoms with van der Waals surface area (Å²) in [5.74, 6) is -0.837. The molecule has 0 saturated carbocycles. The molecule has 0 radical (unpaired) electrons. The highest BCUT2D eigenvalue weighted by atomic mass is 16.9. The molecule has 0 amide bonds. The van der Waals surface area contributed by atoms with Crippen molar-refractivity contribution in [2.45, 2.75) is 25.4 Å². The summed E-state index contributed by atoms with van der Waals surface area (Å²) in [7, 11) is 3.26. The highest BCUT2D eigenvalue weighted by molar-refractivity contribution is 5.33. The summed E-state index contributed by atoms with van der Waals surface area (Å²) in [6.07, 6.45) is 1.00. The van der Waals surface area contributed by atoms with Gasteiger partial charge < -0.3 is 9.47 Å². The summed E-state index contributed by atoms with van der Waals surface area (Å²) in [6.45, 7) is 2.99. The molecule has 4 nitrogen and oxygen atoms in total. The van der Waals surface area contributed by atoms with Crippen molar-refractivity contribution in [1.29, 1.82) is 0 Å². The number of fused-ring (bicyclic) bond motifs is 3. The molecular weight excluding hydrogens is 230 g/mol. The maximum absolute atomic E-state index is 5.91. The van der Waals surface area contributed by atoms with Gasteiger partial charge in [-0.05, 0) is 17.5 Å². The summed E-state index contributed by atoms with van der Waals surface area (Å²) >= 11 is 0. The molecule has 2 aliphatic heterocycles. The van der Waals surface area contributed by atoms with Gasteiger partial charge in [0.2, 0.25) is 0 Å². The first-order chi connectivity index (χ1) is 8.72. The first-order valence-corrected chi connectivity index (χ1v) is 6.35. The van der Waals surface area contributed by atoms with E-state index >= 15 is 0 Å². The van der Waals surface area contributed by atoms with Gasteiger partial charge in [0, 0.05) is 20.8 Å². The smallest absolute Gasteiger partial charge is 0.303 e. The Bertz CT molecular complexity index is 444. The molecule has 0 bridgehead atoms. The fourth-order valence-electron chi connectivity index (χ4n) is 3.17. The van der Waals surface area contributed by atoms with E-state index in [-0.39, 0.29) is 12.0 Å². The van der Waals surface area contributed by atoms with Crippen LogP contribution in [0.3, 0.4) is 0 Å². The fourth-order valence-corrected chi connectivity index (χ4v) is 3.17. The van der Waals surface area contributed by atoms with Crippen molar-refractivity contribution < 1.29 is 14.3 Å². The number of hydrogen-bond donors (Lipinski definition) is 0. The zero-order valence-electron chi connectivity index (χ0n) is 11.1. The van der Waals surface area contributed by atoms with Crippen LogP contribution in [0.4, 0.5) is 0 Å². The lowest BCUT2D eigenvalue weighted by atomic mass is 9.86. The Morgan fingerprint density at radius 1 is 1.28 bits per heavy atom. The van der Waals surface area contributed by atoms with Crippen LogP contribution in [0.1, 0.15) is 24.1 Å². The van der Waals surface area contributed by atoms with Gasteiger partial charge in [-0.2, -0.15) is 5.06 Å². The topological polar surface area (TPSA) is 30.9 Å². The second kappa shape index (κ2) is 4.31. The average molecular weight is 249 g/mol. The number of rotatable bonds is 2. The minimum atomic E-state index is -0.956. The lowest BCUT2D eigenvalue weighted by molar-refractivity contribution is -0.410. The lowest BCUT2D eigenvalue weighted by Crippen LogP contribution is -2.39. The van der Waals surface area contributed by atoms with Gasteiger partial charge in [0.25, 0.3) is 0 Å². The standard InChI is InChI=1S/C14H19NO3/c1-10-13-12-7-5-4-6-11(12)8-9-15(13)18-14(10,16-2)17-3/h4-7,10,13H,8-9H2,1-3H3/t10?,13-/m1/s1. The molecule has 0 N–H and O–H groups in total. The zero-order chi connectivity index (χ0) is 12.8. The highest BCUT2D eigenvalue weighted by Gasteiger charge is 2.55.